The predicted molar refractivity (Wildman–Crippen MR) is 122 cm³/mol. The first-order chi connectivity index (χ1) is 15.6. The molecule has 0 saturated heterocycles. The molecule has 1 amide bonds. The first-order valence-corrected chi connectivity index (χ1v) is 11.8. The summed E-state index contributed by atoms with van der Waals surface area (Å²) in [5.74, 6) is -1.32. The lowest BCUT2D eigenvalue weighted by atomic mass is 10.1. The second kappa shape index (κ2) is 11.5. The number of nitrogens with one attached hydrogen (secondary N) is 1. The number of nitro groups is 1. The number of carbonyl (C=O) groups is 2. The zero-order chi connectivity index (χ0) is 24.6. The van der Waals surface area contributed by atoms with Gasteiger partial charge in [-0.2, -0.15) is 4.31 Å². The van der Waals surface area contributed by atoms with Crippen LogP contribution in [0.4, 0.5) is 11.4 Å². The predicted octanol–water partition coefficient (Wildman–Crippen LogP) is 3.05. The van der Waals surface area contributed by atoms with E-state index in [-0.39, 0.29) is 22.7 Å². The van der Waals surface area contributed by atoms with Crippen molar-refractivity contribution in [2.24, 2.45) is 0 Å². The topological polar surface area (TPSA) is 136 Å². The Bertz CT molecular complexity index is 1110. The number of hydrogen-bond donors (Lipinski definition) is 1. The van der Waals surface area contributed by atoms with E-state index in [0.29, 0.717) is 25.1 Å². The molecule has 11 heteroatoms. The number of benzene rings is 2. The minimum absolute atomic E-state index is 0.0138. The summed E-state index contributed by atoms with van der Waals surface area (Å²) in [4.78, 5) is 34.7. The van der Waals surface area contributed by atoms with E-state index < -0.39 is 33.4 Å². The van der Waals surface area contributed by atoms with Crippen LogP contribution in [0.5, 0.6) is 0 Å². The average molecular weight is 478 g/mol. The first kappa shape index (κ1) is 25.9. The molecule has 10 nitrogen and oxygen atoms in total. The maximum absolute atomic E-state index is 12.5. The standard InChI is InChI=1S/C22H27N3O7S/c1-4-24(5-2)33(30,31)18-10-7-17(8-11-18)9-13-22(27)32-15-21(26)23-19-12-6-16(3)14-20(19)25(28)29/h6-8,10-12,14H,4-5,9,13,15H2,1-3H3,(H,23,26). The van der Waals surface area contributed by atoms with Crippen molar-refractivity contribution >= 4 is 33.3 Å². The van der Waals surface area contributed by atoms with Crippen LogP contribution in [0.1, 0.15) is 31.4 Å². The van der Waals surface area contributed by atoms with Gasteiger partial charge in [0, 0.05) is 25.6 Å². The molecule has 0 atom stereocenters. The van der Waals surface area contributed by atoms with Crippen LogP contribution < -0.4 is 5.32 Å². The normalized spacial score (nSPS) is 11.3. The Balaban J connectivity index is 1.86. The van der Waals surface area contributed by atoms with E-state index in [0.717, 1.165) is 5.56 Å². The third kappa shape index (κ3) is 7.09. The molecule has 0 unspecified atom stereocenters. The summed E-state index contributed by atoms with van der Waals surface area (Å²) in [5, 5.41) is 13.5. The number of carbonyl (C=O) groups excluding carboxylic acids is 2. The van der Waals surface area contributed by atoms with Gasteiger partial charge in [-0.1, -0.05) is 32.0 Å². The van der Waals surface area contributed by atoms with Gasteiger partial charge in [0.25, 0.3) is 11.6 Å². The minimum Gasteiger partial charge on any atom is -0.456 e. The molecule has 0 aliphatic rings. The Morgan fingerprint density at radius 2 is 1.73 bits per heavy atom. The third-order valence-corrected chi connectivity index (χ3v) is 6.94. The number of anilines is 1. The summed E-state index contributed by atoms with van der Waals surface area (Å²) in [5.41, 5.74) is 1.18. The van der Waals surface area contributed by atoms with E-state index in [9.17, 15) is 28.1 Å². The molecule has 1 N–H and O–H groups in total. The number of ether oxygens (including phenoxy) is 1. The van der Waals surface area contributed by atoms with Gasteiger partial charge < -0.3 is 10.1 Å². The monoisotopic (exact) mass is 477 g/mol. The number of hydrogen-bond acceptors (Lipinski definition) is 7. The van der Waals surface area contributed by atoms with E-state index >= 15 is 0 Å². The highest BCUT2D eigenvalue weighted by atomic mass is 32.2. The van der Waals surface area contributed by atoms with Crippen LogP contribution in [0.2, 0.25) is 0 Å². The highest BCUT2D eigenvalue weighted by Gasteiger charge is 2.21. The van der Waals surface area contributed by atoms with E-state index in [4.69, 9.17) is 4.74 Å². The summed E-state index contributed by atoms with van der Waals surface area (Å²) in [7, 11) is -3.55. The molecular weight excluding hydrogens is 450 g/mol. The Kier molecular flexibility index (Phi) is 9.06. The van der Waals surface area contributed by atoms with Crippen LogP contribution in [0.3, 0.4) is 0 Å². The highest BCUT2D eigenvalue weighted by molar-refractivity contribution is 7.89. The number of rotatable bonds is 11. The van der Waals surface area contributed by atoms with Gasteiger partial charge in [-0.05, 0) is 42.7 Å². The molecule has 0 aliphatic carbocycles. The summed E-state index contributed by atoms with van der Waals surface area (Å²) in [6.45, 7) is 5.39. The number of esters is 1. The number of amides is 1. The van der Waals surface area contributed by atoms with Crippen LogP contribution in [0.25, 0.3) is 0 Å². The van der Waals surface area contributed by atoms with Crippen LogP contribution >= 0.6 is 0 Å². The quantitative estimate of drug-likeness (QED) is 0.298. The SMILES string of the molecule is CCN(CC)S(=O)(=O)c1ccc(CCC(=O)OCC(=O)Nc2ccc(C)cc2[N+](=O)[O-])cc1. The largest absolute Gasteiger partial charge is 0.456 e. The van der Waals surface area contributed by atoms with Gasteiger partial charge >= 0.3 is 5.97 Å². The molecule has 0 bridgehead atoms. The average Bonchev–Trinajstić information content (AvgIpc) is 2.78. The molecule has 0 aromatic heterocycles. The molecule has 0 fully saturated rings. The van der Waals surface area contributed by atoms with Crippen molar-refractivity contribution in [2.45, 2.75) is 38.5 Å². The van der Waals surface area contributed by atoms with Crippen LogP contribution in [0.15, 0.2) is 47.4 Å². The summed E-state index contributed by atoms with van der Waals surface area (Å²) in [6.07, 6.45) is 0.287. The minimum atomic E-state index is -3.55. The van der Waals surface area contributed by atoms with Crippen molar-refractivity contribution in [3.63, 3.8) is 0 Å². The number of nitro benzene ring substituents is 1. The summed E-state index contributed by atoms with van der Waals surface area (Å²) < 4.78 is 31.3. The lowest BCUT2D eigenvalue weighted by Gasteiger charge is -2.18. The number of aryl methyl sites for hydroxylation is 2. The molecule has 0 aliphatic heterocycles. The fourth-order valence-corrected chi connectivity index (χ4v) is 4.55. The zero-order valence-electron chi connectivity index (χ0n) is 18.7. The first-order valence-electron chi connectivity index (χ1n) is 10.4. The molecule has 0 spiro atoms. The third-order valence-electron chi connectivity index (χ3n) is 4.87. The van der Waals surface area contributed by atoms with E-state index in [1.54, 1.807) is 39.0 Å². The molecule has 33 heavy (non-hydrogen) atoms. The molecule has 0 radical (unpaired) electrons. The van der Waals surface area contributed by atoms with Crippen molar-refractivity contribution < 1.29 is 27.7 Å². The Hall–Kier alpha value is -3.31. The summed E-state index contributed by atoms with van der Waals surface area (Å²) >= 11 is 0. The van der Waals surface area contributed by atoms with Crippen LogP contribution in [-0.4, -0.2) is 49.2 Å². The van der Waals surface area contributed by atoms with Gasteiger partial charge in [-0.25, -0.2) is 8.42 Å². The van der Waals surface area contributed by atoms with Crippen molar-refractivity contribution in [1.82, 2.24) is 4.31 Å². The second-order valence-electron chi connectivity index (χ2n) is 7.22. The van der Waals surface area contributed by atoms with E-state index in [1.165, 1.54) is 28.6 Å². The fourth-order valence-electron chi connectivity index (χ4n) is 3.09. The van der Waals surface area contributed by atoms with Gasteiger partial charge in [0.2, 0.25) is 10.0 Å². The Morgan fingerprint density at radius 1 is 1.09 bits per heavy atom. The molecule has 2 aromatic carbocycles. The van der Waals surface area contributed by atoms with Gasteiger partial charge in [0.05, 0.1) is 9.82 Å². The van der Waals surface area contributed by atoms with Crippen LogP contribution in [0, 0.1) is 17.0 Å². The molecule has 0 saturated carbocycles. The second-order valence-corrected chi connectivity index (χ2v) is 9.16. The molecule has 2 rings (SSSR count). The highest BCUT2D eigenvalue weighted by Crippen LogP contribution is 2.25. The Morgan fingerprint density at radius 3 is 2.30 bits per heavy atom. The van der Waals surface area contributed by atoms with Crippen molar-refractivity contribution in [2.75, 3.05) is 25.0 Å². The van der Waals surface area contributed by atoms with Gasteiger partial charge in [-0.3, -0.25) is 19.7 Å². The molecular formula is C22H27N3O7S. The van der Waals surface area contributed by atoms with Gasteiger partial charge in [-0.15, -0.1) is 0 Å². The molecule has 178 valence electrons. The molecule has 2 aromatic rings. The van der Waals surface area contributed by atoms with E-state index in [1.807, 2.05) is 0 Å². The maximum Gasteiger partial charge on any atom is 0.306 e. The maximum atomic E-state index is 12.5. The van der Waals surface area contributed by atoms with Gasteiger partial charge in [0.15, 0.2) is 6.61 Å². The zero-order valence-corrected chi connectivity index (χ0v) is 19.6. The number of sulfonamides is 1. The molecule has 0 heterocycles. The lowest BCUT2D eigenvalue weighted by Crippen LogP contribution is -2.30. The smallest absolute Gasteiger partial charge is 0.306 e. The van der Waals surface area contributed by atoms with Crippen molar-refractivity contribution in [3.8, 4) is 0 Å². The lowest BCUT2D eigenvalue weighted by molar-refractivity contribution is -0.384. The fraction of sp³-hybridized carbons (Fsp3) is 0.364. The Labute approximate surface area is 192 Å². The van der Waals surface area contributed by atoms with Crippen molar-refractivity contribution in [1.29, 1.82) is 0 Å². The summed E-state index contributed by atoms with van der Waals surface area (Å²) in [6, 6.07) is 10.6. The van der Waals surface area contributed by atoms with Gasteiger partial charge in [0.1, 0.15) is 5.69 Å². The van der Waals surface area contributed by atoms with Crippen LogP contribution in [-0.2, 0) is 30.8 Å². The van der Waals surface area contributed by atoms with Crippen molar-refractivity contribution in [3.05, 3.63) is 63.7 Å². The number of nitrogens with zero attached hydrogens (tertiary/aromatic N) is 2. The van der Waals surface area contributed by atoms with E-state index in [2.05, 4.69) is 5.32 Å².